The van der Waals surface area contributed by atoms with Gasteiger partial charge in [-0.25, -0.2) is 0 Å². The van der Waals surface area contributed by atoms with Crippen LogP contribution >= 0.6 is 0 Å². The van der Waals surface area contributed by atoms with Gasteiger partial charge in [-0.1, -0.05) is 0 Å². The van der Waals surface area contributed by atoms with E-state index in [1.165, 1.54) is 0 Å². The summed E-state index contributed by atoms with van der Waals surface area (Å²) in [7, 11) is 0. The molecule has 0 radical (unpaired) electrons. The smallest absolute Gasteiger partial charge is 0.308 e. The van der Waals surface area contributed by atoms with Crippen molar-refractivity contribution in [1.29, 1.82) is 0 Å². The molecule has 1 aliphatic rings. The van der Waals surface area contributed by atoms with Crippen molar-refractivity contribution in [2.24, 2.45) is 0 Å². The number of pyridine rings is 1. The molecule has 0 unspecified atom stereocenters. The number of aliphatic carboxylic acids is 1. The number of carboxylic acids is 1. The molecule has 1 aromatic rings. The van der Waals surface area contributed by atoms with E-state index in [1.54, 1.807) is 4.57 Å². The summed E-state index contributed by atoms with van der Waals surface area (Å²) in [4.78, 5) is 23.1. The Kier molecular flexibility index (Phi) is 3.55. The molecular weight excluding hydrogens is 230 g/mol. The van der Waals surface area contributed by atoms with Crippen LogP contribution in [0.3, 0.4) is 0 Å². The monoisotopic (exact) mass is 249 g/mol. The van der Waals surface area contributed by atoms with Crippen LogP contribution < -0.4 is 5.56 Å². The molecule has 0 spiro atoms. The SMILES string of the molecule is CC(C)n1c2c(cc(CC(=O)O)c1=O)CCCC2. The Bertz CT molecular complexity index is 529. The van der Waals surface area contributed by atoms with Gasteiger partial charge in [0.1, 0.15) is 0 Å². The van der Waals surface area contributed by atoms with Crippen LogP contribution in [0.15, 0.2) is 10.9 Å². The van der Waals surface area contributed by atoms with Crippen LogP contribution in [-0.2, 0) is 24.1 Å². The minimum Gasteiger partial charge on any atom is -0.481 e. The van der Waals surface area contributed by atoms with Crippen molar-refractivity contribution in [2.45, 2.75) is 52.0 Å². The number of carbonyl (C=O) groups is 1. The van der Waals surface area contributed by atoms with Crippen molar-refractivity contribution in [1.82, 2.24) is 4.57 Å². The average Bonchev–Trinajstić information content (AvgIpc) is 2.29. The van der Waals surface area contributed by atoms with Gasteiger partial charge in [0.15, 0.2) is 0 Å². The first-order valence-corrected chi connectivity index (χ1v) is 6.48. The van der Waals surface area contributed by atoms with Gasteiger partial charge >= 0.3 is 5.97 Å². The van der Waals surface area contributed by atoms with E-state index in [1.807, 2.05) is 19.9 Å². The Morgan fingerprint density at radius 1 is 1.39 bits per heavy atom. The number of carboxylic acid groups (broad SMARTS) is 1. The zero-order valence-corrected chi connectivity index (χ0v) is 10.9. The van der Waals surface area contributed by atoms with Crippen molar-refractivity contribution in [3.63, 3.8) is 0 Å². The molecule has 0 amide bonds. The highest BCUT2D eigenvalue weighted by Crippen LogP contribution is 2.23. The maximum atomic E-state index is 12.3. The molecule has 1 heterocycles. The molecule has 1 aliphatic carbocycles. The topological polar surface area (TPSA) is 59.3 Å². The summed E-state index contributed by atoms with van der Waals surface area (Å²) in [5.41, 5.74) is 2.55. The standard InChI is InChI=1S/C14H19NO3/c1-9(2)15-12-6-4-3-5-10(12)7-11(14(15)18)8-13(16)17/h7,9H,3-6,8H2,1-2H3,(H,16,17). The van der Waals surface area contributed by atoms with E-state index in [-0.39, 0.29) is 18.0 Å². The minimum absolute atomic E-state index is 0.0816. The third-order valence-corrected chi connectivity index (χ3v) is 3.47. The van der Waals surface area contributed by atoms with Crippen molar-refractivity contribution in [2.75, 3.05) is 0 Å². The highest BCUT2D eigenvalue weighted by Gasteiger charge is 2.20. The van der Waals surface area contributed by atoms with Gasteiger partial charge in [-0.05, 0) is 51.2 Å². The van der Waals surface area contributed by atoms with Crippen LogP contribution in [0, 0.1) is 0 Å². The number of aryl methyl sites for hydroxylation is 1. The molecule has 0 saturated carbocycles. The number of rotatable bonds is 3. The Labute approximate surface area is 106 Å². The van der Waals surface area contributed by atoms with E-state index in [0.717, 1.165) is 36.9 Å². The van der Waals surface area contributed by atoms with Crippen molar-refractivity contribution in [3.05, 3.63) is 33.2 Å². The molecule has 1 N–H and O–H groups in total. The van der Waals surface area contributed by atoms with Crippen molar-refractivity contribution >= 4 is 5.97 Å². The second-order valence-corrected chi connectivity index (χ2v) is 5.19. The van der Waals surface area contributed by atoms with Crippen LogP contribution in [0.2, 0.25) is 0 Å². The zero-order valence-electron chi connectivity index (χ0n) is 10.9. The molecule has 0 aromatic carbocycles. The van der Waals surface area contributed by atoms with E-state index in [0.29, 0.717) is 5.56 Å². The molecule has 4 nitrogen and oxygen atoms in total. The van der Waals surface area contributed by atoms with E-state index in [2.05, 4.69) is 0 Å². The first kappa shape index (κ1) is 12.9. The zero-order chi connectivity index (χ0) is 13.3. The lowest BCUT2D eigenvalue weighted by Crippen LogP contribution is -2.31. The normalized spacial score (nSPS) is 14.6. The van der Waals surface area contributed by atoms with E-state index < -0.39 is 5.97 Å². The van der Waals surface area contributed by atoms with Gasteiger partial charge in [0.25, 0.3) is 5.56 Å². The first-order chi connectivity index (χ1) is 8.50. The molecule has 1 aromatic heterocycles. The van der Waals surface area contributed by atoms with Crippen molar-refractivity contribution < 1.29 is 9.90 Å². The number of aromatic nitrogens is 1. The third kappa shape index (κ3) is 2.33. The summed E-state index contributed by atoms with van der Waals surface area (Å²) in [6, 6.07) is 1.89. The van der Waals surface area contributed by atoms with Gasteiger partial charge in [0.05, 0.1) is 6.42 Å². The number of fused-ring (bicyclic) bond motifs is 1. The second kappa shape index (κ2) is 4.96. The Morgan fingerprint density at radius 2 is 2.06 bits per heavy atom. The molecule has 4 heteroatoms. The third-order valence-electron chi connectivity index (χ3n) is 3.47. The van der Waals surface area contributed by atoms with Crippen molar-refractivity contribution in [3.8, 4) is 0 Å². The average molecular weight is 249 g/mol. The highest BCUT2D eigenvalue weighted by molar-refractivity contribution is 5.70. The molecular formula is C14H19NO3. The fourth-order valence-electron chi connectivity index (χ4n) is 2.73. The fourth-order valence-corrected chi connectivity index (χ4v) is 2.73. The van der Waals surface area contributed by atoms with E-state index in [9.17, 15) is 9.59 Å². The number of hydrogen-bond acceptors (Lipinski definition) is 2. The summed E-state index contributed by atoms with van der Waals surface area (Å²) in [6.45, 7) is 3.95. The molecule has 98 valence electrons. The largest absolute Gasteiger partial charge is 0.481 e. The van der Waals surface area contributed by atoms with Crippen LogP contribution in [-0.4, -0.2) is 15.6 Å². The minimum atomic E-state index is -0.946. The highest BCUT2D eigenvalue weighted by atomic mass is 16.4. The lowest BCUT2D eigenvalue weighted by molar-refractivity contribution is -0.136. The molecule has 0 bridgehead atoms. The lowest BCUT2D eigenvalue weighted by atomic mass is 9.93. The molecule has 0 atom stereocenters. The molecule has 0 saturated heterocycles. The Balaban J connectivity index is 2.61. The van der Waals surface area contributed by atoms with E-state index in [4.69, 9.17) is 5.11 Å². The van der Waals surface area contributed by atoms with Gasteiger partial charge < -0.3 is 9.67 Å². The first-order valence-electron chi connectivity index (χ1n) is 6.48. The summed E-state index contributed by atoms with van der Waals surface area (Å²) in [5, 5.41) is 8.88. The summed E-state index contributed by atoms with van der Waals surface area (Å²) in [5.74, 6) is -0.946. The number of hydrogen-bond donors (Lipinski definition) is 1. The van der Waals surface area contributed by atoms with Gasteiger partial charge in [0.2, 0.25) is 0 Å². The maximum absolute atomic E-state index is 12.3. The fraction of sp³-hybridized carbons (Fsp3) is 0.571. The van der Waals surface area contributed by atoms with Gasteiger partial charge in [0, 0.05) is 17.3 Å². The van der Waals surface area contributed by atoms with E-state index >= 15 is 0 Å². The molecule has 0 fully saturated rings. The molecule has 0 aliphatic heterocycles. The lowest BCUT2D eigenvalue weighted by Gasteiger charge is -2.24. The maximum Gasteiger partial charge on any atom is 0.308 e. The predicted octanol–water partition coefficient (Wildman–Crippen LogP) is 1.94. The van der Waals surface area contributed by atoms with Gasteiger partial charge in [-0.15, -0.1) is 0 Å². The van der Waals surface area contributed by atoms with Crippen LogP contribution in [0.4, 0.5) is 0 Å². The second-order valence-electron chi connectivity index (χ2n) is 5.19. The van der Waals surface area contributed by atoms with Crippen LogP contribution in [0.5, 0.6) is 0 Å². The van der Waals surface area contributed by atoms with Crippen LogP contribution in [0.25, 0.3) is 0 Å². The molecule has 18 heavy (non-hydrogen) atoms. The van der Waals surface area contributed by atoms with Crippen LogP contribution in [0.1, 0.15) is 49.6 Å². The van der Waals surface area contributed by atoms with Gasteiger partial charge in [-0.2, -0.15) is 0 Å². The molecule has 2 rings (SSSR count). The predicted molar refractivity (Wildman–Crippen MR) is 69.1 cm³/mol. The number of nitrogens with zero attached hydrogens (tertiary/aromatic N) is 1. The summed E-state index contributed by atoms with van der Waals surface area (Å²) in [6.07, 6.45) is 3.93. The summed E-state index contributed by atoms with van der Waals surface area (Å²) < 4.78 is 1.78. The Hall–Kier alpha value is -1.58. The Morgan fingerprint density at radius 3 is 2.67 bits per heavy atom. The van der Waals surface area contributed by atoms with Gasteiger partial charge in [-0.3, -0.25) is 9.59 Å². The quantitative estimate of drug-likeness (QED) is 0.890. The summed E-state index contributed by atoms with van der Waals surface area (Å²) >= 11 is 0.